The molecule has 2 unspecified atom stereocenters. The predicted molar refractivity (Wildman–Crippen MR) is 115 cm³/mol. The van der Waals surface area contributed by atoms with E-state index in [1.165, 1.54) is 5.56 Å². The van der Waals surface area contributed by atoms with Gasteiger partial charge in [0.15, 0.2) is 5.96 Å². The molecule has 0 radical (unpaired) electrons. The summed E-state index contributed by atoms with van der Waals surface area (Å²) in [5, 5.41) is 3.48. The van der Waals surface area contributed by atoms with Gasteiger partial charge in [-0.25, -0.2) is 4.98 Å². The van der Waals surface area contributed by atoms with Gasteiger partial charge >= 0.3 is 0 Å². The first kappa shape index (κ1) is 20.5. The van der Waals surface area contributed by atoms with E-state index in [0.717, 1.165) is 37.8 Å². The lowest BCUT2D eigenvalue weighted by Crippen LogP contribution is -2.48. The highest BCUT2D eigenvalue weighted by molar-refractivity contribution is 14.0. The molecule has 2 atom stereocenters. The minimum atomic E-state index is 0. The van der Waals surface area contributed by atoms with Crippen LogP contribution in [0, 0.1) is 5.92 Å². The summed E-state index contributed by atoms with van der Waals surface area (Å²) in [5.41, 5.74) is 1.21. The quantitative estimate of drug-likeness (QED) is 0.425. The minimum absolute atomic E-state index is 0. The highest BCUT2D eigenvalue weighted by Gasteiger charge is 2.28. The number of methoxy groups -OCH3 is 1. The van der Waals surface area contributed by atoms with E-state index >= 15 is 0 Å². The fraction of sp³-hybridized carbons (Fsp3) is 0.474. The van der Waals surface area contributed by atoms with E-state index in [4.69, 9.17) is 4.74 Å². The maximum Gasteiger partial charge on any atom is 0.193 e. The molecule has 142 valence electrons. The third-order valence-corrected chi connectivity index (χ3v) is 4.95. The summed E-state index contributed by atoms with van der Waals surface area (Å²) in [6, 6.07) is 8.54. The third-order valence-electron chi connectivity index (χ3n) is 4.95. The summed E-state index contributed by atoms with van der Waals surface area (Å²) < 4.78 is 7.42. The van der Waals surface area contributed by atoms with Crippen molar-refractivity contribution in [3.05, 3.63) is 48.5 Å². The lowest BCUT2D eigenvalue weighted by Gasteiger charge is -2.39. The molecule has 0 amide bonds. The molecular formula is C19H28IN5O. The molecule has 26 heavy (non-hydrogen) atoms. The molecule has 6 nitrogen and oxygen atoms in total. The van der Waals surface area contributed by atoms with Gasteiger partial charge in [-0.3, -0.25) is 4.99 Å². The van der Waals surface area contributed by atoms with E-state index in [2.05, 4.69) is 50.0 Å². The number of guanidine groups is 1. The number of hydrogen-bond acceptors (Lipinski definition) is 3. The molecule has 1 aromatic carbocycles. The molecule has 0 spiro atoms. The first-order valence-corrected chi connectivity index (χ1v) is 8.77. The van der Waals surface area contributed by atoms with Crippen LogP contribution in [-0.2, 0) is 6.54 Å². The highest BCUT2D eigenvalue weighted by atomic mass is 127. The number of likely N-dealkylation sites (tertiary alicyclic amines) is 1. The smallest absolute Gasteiger partial charge is 0.193 e. The van der Waals surface area contributed by atoms with Crippen molar-refractivity contribution in [2.24, 2.45) is 10.9 Å². The maximum atomic E-state index is 5.21. The Balaban J connectivity index is 0.00000243. The van der Waals surface area contributed by atoms with Crippen LogP contribution in [-0.4, -0.2) is 47.7 Å². The number of aliphatic imine (C=N–C) groups is 1. The lowest BCUT2D eigenvalue weighted by atomic mass is 9.93. The van der Waals surface area contributed by atoms with E-state index in [0.29, 0.717) is 12.0 Å². The monoisotopic (exact) mass is 469 g/mol. The maximum absolute atomic E-state index is 5.21. The third kappa shape index (κ3) is 4.90. The molecule has 1 aromatic heterocycles. The standard InChI is InChI=1S/C19H27N5O.HI/c1-15-8-10-23(13-18(15)24-11-9-21-14-24)19(20-2)22-12-16-4-6-17(25-3)7-5-16;/h4-7,9,11,14-15,18H,8,10,12-13H2,1-3H3,(H,20,22);1H. The van der Waals surface area contributed by atoms with Crippen LogP contribution < -0.4 is 10.1 Å². The van der Waals surface area contributed by atoms with Gasteiger partial charge in [0.2, 0.25) is 0 Å². The van der Waals surface area contributed by atoms with E-state index in [1.807, 2.05) is 31.7 Å². The Morgan fingerprint density at radius 3 is 2.73 bits per heavy atom. The van der Waals surface area contributed by atoms with Gasteiger partial charge < -0.3 is 19.5 Å². The van der Waals surface area contributed by atoms with Gasteiger partial charge in [-0.15, -0.1) is 24.0 Å². The largest absolute Gasteiger partial charge is 0.497 e. The molecule has 3 rings (SSSR count). The van der Waals surface area contributed by atoms with Crippen molar-refractivity contribution < 1.29 is 4.74 Å². The number of piperidine rings is 1. The van der Waals surface area contributed by atoms with Gasteiger partial charge in [0, 0.05) is 39.1 Å². The second kappa shape index (κ2) is 9.80. The predicted octanol–water partition coefficient (Wildman–Crippen LogP) is 3.17. The van der Waals surface area contributed by atoms with Gasteiger partial charge in [-0.2, -0.15) is 0 Å². The zero-order chi connectivity index (χ0) is 17.6. The second-order valence-electron chi connectivity index (χ2n) is 6.54. The van der Waals surface area contributed by atoms with Crippen molar-refractivity contribution >= 4 is 29.9 Å². The van der Waals surface area contributed by atoms with Crippen LogP contribution in [0.4, 0.5) is 0 Å². The summed E-state index contributed by atoms with van der Waals surface area (Å²) in [4.78, 5) is 11.0. The minimum Gasteiger partial charge on any atom is -0.497 e. The average Bonchev–Trinajstić information content (AvgIpc) is 3.18. The van der Waals surface area contributed by atoms with Crippen LogP contribution in [0.5, 0.6) is 5.75 Å². The van der Waals surface area contributed by atoms with E-state index in [1.54, 1.807) is 7.11 Å². The summed E-state index contributed by atoms with van der Waals surface area (Å²) in [5.74, 6) is 2.46. The van der Waals surface area contributed by atoms with E-state index < -0.39 is 0 Å². The lowest BCUT2D eigenvalue weighted by molar-refractivity contribution is 0.189. The normalized spacial score (nSPS) is 20.4. The first-order valence-electron chi connectivity index (χ1n) is 8.77. The molecule has 1 fully saturated rings. The summed E-state index contributed by atoms with van der Waals surface area (Å²) in [7, 11) is 3.53. The molecule has 1 aliphatic rings. The van der Waals surface area contributed by atoms with Gasteiger partial charge in [-0.1, -0.05) is 19.1 Å². The average molecular weight is 469 g/mol. The number of benzene rings is 1. The fourth-order valence-corrected chi connectivity index (χ4v) is 3.35. The van der Waals surface area contributed by atoms with E-state index in [9.17, 15) is 0 Å². The molecule has 1 aliphatic heterocycles. The Morgan fingerprint density at radius 2 is 2.12 bits per heavy atom. The molecular weight excluding hydrogens is 441 g/mol. The zero-order valence-electron chi connectivity index (χ0n) is 15.6. The van der Waals surface area contributed by atoms with Crippen LogP contribution in [0.3, 0.4) is 0 Å². The Labute approximate surface area is 172 Å². The van der Waals surface area contributed by atoms with Crippen molar-refractivity contribution in [2.45, 2.75) is 25.9 Å². The molecule has 0 saturated carbocycles. The fourth-order valence-electron chi connectivity index (χ4n) is 3.35. The molecule has 7 heteroatoms. The van der Waals surface area contributed by atoms with Crippen LogP contribution in [0.2, 0.25) is 0 Å². The van der Waals surface area contributed by atoms with Crippen LogP contribution in [0.15, 0.2) is 48.0 Å². The number of ether oxygens (including phenoxy) is 1. The molecule has 0 aliphatic carbocycles. The number of aromatic nitrogens is 2. The number of rotatable bonds is 4. The Morgan fingerprint density at radius 1 is 1.35 bits per heavy atom. The summed E-state index contributed by atoms with van der Waals surface area (Å²) >= 11 is 0. The Hall–Kier alpha value is -1.77. The van der Waals surface area contributed by atoms with Crippen molar-refractivity contribution in [3.63, 3.8) is 0 Å². The van der Waals surface area contributed by atoms with E-state index in [-0.39, 0.29) is 24.0 Å². The molecule has 1 N–H and O–H groups in total. The first-order chi connectivity index (χ1) is 12.2. The topological polar surface area (TPSA) is 54.7 Å². The number of imidazole rings is 1. The van der Waals surface area contributed by atoms with Gasteiger partial charge in [0.1, 0.15) is 5.75 Å². The highest BCUT2D eigenvalue weighted by Crippen LogP contribution is 2.27. The molecule has 0 bridgehead atoms. The molecule has 2 heterocycles. The zero-order valence-corrected chi connectivity index (χ0v) is 18.0. The van der Waals surface area contributed by atoms with Gasteiger partial charge in [-0.05, 0) is 30.0 Å². The van der Waals surface area contributed by atoms with Crippen molar-refractivity contribution in [1.29, 1.82) is 0 Å². The van der Waals surface area contributed by atoms with Crippen LogP contribution >= 0.6 is 24.0 Å². The van der Waals surface area contributed by atoms with Crippen LogP contribution in [0.25, 0.3) is 0 Å². The SMILES string of the molecule is CN=C(NCc1ccc(OC)cc1)N1CCC(C)C(n2ccnc2)C1.I. The molecule has 2 aromatic rings. The number of nitrogens with one attached hydrogen (secondary N) is 1. The van der Waals surface area contributed by atoms with Gasteiger partial charge in [0.05, 0.1) is 19.5 Å². The van der Waals surface area contributed by atoms with Gasteiger partial charge in [0.25, 0.3) is 0 Å². The second-order valence-corrected chi connectivity index (χ2v) is 6.54. The number of nitrogens with zero attached hydrogens (tertiary/aromatic N) is 4. The van der Waals surface area contributed by atoms with Crippen LogP contribution in [0.1, 0.15) is 24.9 Å². The Kier molecular flexibility index (Phi) is 7.74. The summed E-state index contributed by atoms with van der Waals surface area (Å²) in [6.07, 6.45) is 6.96. The number of halogens is 1. The van der Waals surface area contributed by atoms with Crippen molar-refractivity contribution in [3.8, 4) is 5.75 Å². The summed E-state index contributed by atoms with van der Waals surface area (Å²) in [6.45, 7) is 5.03. The number of hydrogen-bond donors (Lipinski definition) is 1. The molecule has 1 saturated heterocycles. The van der Waals surface area contributed by atoms with Crippen molar-refractivity contribution in [1.82, 2.24) is 19.8 Å². The van der Waals surface area contributed by atoms with Crippen molar-refractivity contribution in [2.75, 3.05) is 27.2 Å². The Bertz CT molecular complexity index is 686.